The third-order valence-corrected chi connectivity index (χ3v) is 4.87. The number of amides is 2. The fraction of sp³-hybridized carbons (Fsp3) is 0.238. The van der Waals surface area contributed by atoms with Crippen molar-refractivity contribution >= 4 is 23.0 Å². The molecule has 1 aliphatic rings. The van der Waals surface area contributed by atoms with Gasteiger partial charge >= 0.3 is 0 Å². The number of hydrogen-bond donors (Lipinski definition) is 1. The van der Waals surface area contributed by atoms with Crippen LogP contribution in [0.25, 0.3) is 5.52 Å². The number of carbonyl (C=O) groups excluding carboxylic acids is 2. The van der Waals surface area contributed by atoms with Gasteiger partial charge in [0, 0.05) is 36.7 Å². The molecule has 1 aliphatic heterocycles. The Morgan fingerprint density at radius 2 is 1.85 bits per heavy atom. The fourth-order valence-corrected chi connectivity index (χ4v) is 3.50. The SMILES string of the molecule is O=C(Nc1ccccc1)C1CCCN(C(=O)c2cc3ccccn3c2)C1. The summed E-state index contributed by atoms with van der Waals surface area (Å²) in [4.78, 5) is 27.2. The van der Waals surface area contributed by atoms with Gasteiger partial charge in [-0.1, -0.05) is 24.3 Å². The monoisotopic (exact) mass is 347 g/mol. The molecule has 0 spiro atoms. The van der Waals surface area contributed by atoms with Crippen LogP contribution < -0.4 is 5.32 Å². The number of anilines is 1. The number of hydrogen-bond acceptors (Lipinski definition) is 2. The average Bonchev–Trinajstić information content (AvgIpc) is 3.12. The molecule has 26 heavy (non-hydrogen) atoms. The lowest BCUT2D eigenvalue weighted by Gasteiger charge is -2.31. The van der Waals surface area contributed by atoms with Crippen LogP contribution in [-0.2, 0) is 4.79 Å². The van der Waals surface area contributed by atoms with Crippen LogP contribution in [0.2, 0.25) is 0 Å². The lowest BCUT2D eigenvalue weighted by molar-refractivity contribution is -0.121. The summed E-state index contributed by atoms with van der Waals surface area (Å²) in [6.07, 6.45) is 5.43. The van der Waals surface area contributed by atoms with Gasteiger partial charge in [-0.3, -0.25) is 9.59 Å². The van der Waals surface area contributed by atoms with E-state index in [4.69, 9.17) is 0 Å². The van der Waals surface area contributed by atoms with Crippen LogP contribution in [0.5, 0.6) is 0 Å². The minimum Gasteiger partial charge on any atom is -0.338 e. The lowest BCUT2D eigenvalue weighted by Crippen LogP contribution is -2.43. The number of benzene rings is 1. The number of nitrogens with zero attached hydrogens (tertiary/aromatic N) is 2. The second-order valence-corrected chi connectivity index (χ2v) is 6.71. The van der Waals surface area contributed by atoms with Crippen molar-refractivity contribution < 1.29 is 9.59 Å². The average molecular weight is 347 g/mol. The molecular formula is C21H21N3O2. The molecule has 2 amide bonds. The first-order chi connectivity index (χ1) is 12.7. The van der Waals surface area contributed by atoms with E-state index in [1.54, 1.807) is 4.90 Å². The van der Waals surface area contributed by atoms with Crippen molar-refractivity contribution in [1.29, 1.82) is 0 Å². The minimum atomic E-state index is -0.176. The van der Waals surface area contributed by atoms with Crippen molar-refractivity contribution in [1.82, 2.24) is 9.30 Å². The first-order valence-corrected chi connectivity index (χ1v) is 8.92. The zero-order valence-electron chi connectivity index (χ0n) is 14.5. The van der Waals surface area contributed by atoms with E-state index in [0.29, 0.717) is 18.7 Å². The minimum absolute atomic E-state index is 0.00842. The van der Waals surface area contributed by atoms with Gasteiger partial charge < -0.3 is 14.6 Å². The molecule has 0 saturated carbocycles. The van der Waals surface area contributed by atoms with E-state index in [1.807, 2.05) is 71.4 Å². The Kier molecular flexibility index (Phi) is 4.44. The van der Waals surface area contributed by atoms with Crippen LogP contribution in [-0.4, -0.2) is 34.2 Å². The van der Waals surface area contributed by atoms with Crippen molar-refractivity contribution in [3.8, 4) is 0 Å². The van der Waals surface area contributed by atoms with Gasteiger partial charge in [0.2, 0.25) is 5.91 Å². The Balaban J connectivity index is 1.45. The van der Waals surface area contributed by atoms with Crippen molar-refractivity contribution in [2.45, 2.75) is 12.8 Å². The summed E-state index contributed by atoms with van der Waals surface area (Å²) in [5.41, 5.74) is 2.45. The third-order valence-electron chi connectivity index (χ3n) is 4.87. The standard InChI is InChI=1S/C21H21N3O2/c25-20(22-18-8-2-1-3-9-18)16-7-6-12-24(14-16)21(26)17-13-19-10-4-5-11-23(19)15-17/h1-5,8-11,13,15-16H,6-7,12,14H2,(H,22,25). The summed E-state index contributed by atoms with van der Waals surface area (Å²) in [5, 5.41) is 2.95. The number of aromatic nitrogens is 1. The highest BCUT2D eigenvalue weighted by Crippen LogP contribution is 2.21. The van der Waals surface area contributed by atoms with E-state index in [1.165, 1.54) is 0 Å². The van der Waals surface area contributed by atoms with Crippen molar-refractivity contribution in [3.63, 3.8) is 0 Å². The van der Waals surface area contributed by atoms with Crippen LogP contribution in [0.3, 0.4) is 0 Å². The van der Waals surface area contributed by atoms with Crippen LogP contribution in [0.15, 0.2) is 67.0 Å². The molecule has 2 aromatic heterocycles. The molecule has 3 aromatic rings. The summed E-state index contributed by atoms with van der Waals surface area (Å²) < 4.78 is 1.94. The molecule has 4 rings (SSSR count). The number of likely N-dealkylation sites (tertiary alicyclic amines) is 1. The number of para-hydroxylation sites is 1. The Labute approximate surface area is 152 Å². The highest BCUT2D eigenvalue weighted by molar-refractivity contribution is 5.97. The second-order valence-electron chi connectivity index (χ2n) is 6.71. The van der Waals surface area contributed by atoms with E-state index in [2.05, 4.69) is 5.32 Å². The maximum absolute atomic E-state index is 12.9. The fourth-order valence-electron chi connectivity index (χ4n) is 3.50. The normalized spacial score (nSPS) is 17.2. The van der Waals surface area contributed by atoms with Gasteiger partial charge in [0.05, 0.1) is 11.5 Å². The molecule has 132 valence electrons. The molecule has 0 radical (unpaired) electrons. The number of nitrogens with one attached hydrogen (secondary N) is 1. The van der Waals surface area contributed by atoms with Gasteiger partial charge in [0.1, 0.15) is 0 Å². The molecule has 3 heterocycles. The molecule has 1 fully saturated rings. The first-order valence-electron chi connectivity index (χ1n) is 8.92. The predicted octanol–water partition coefficient (Wildman–Crippen LogP) is 3.43. The summed E-state index contributed by atoms with van der Waals surface area (Å²) in [5.74, 6) is -0.202. The predicted molar refractivity (Wildman–Crippen MR) is 101 cm³/mol. The number of carbonyl (C=O) groups is 2. The summed E-state index contributed by atoms with van der Waals surface area (Å²) in [6.45, 7) is 1.16. The van der Waals surface area contributed by atoms with Gasteiger partial charge in [-0.25, -0.2) is 0 Å². The van der Waals surface area contributed by atoms with E-state index < -0.39 is 0 Å². The lowest BCUT2D eigenvalue weighted by atomic mass is 9.96. The quantitative estimate of drug-likeness (QED) is 0.789. The first kappa shape index (κ1) is 16.4. The van der Waals surface area contributed by atoms with Crippen molar-refractivity contribution in [2.24, 2.45) is 5.92 Å². The highest BCUT2D eigenvalue weighted by atomic mass is 16.2. The molecular weight excluding hydrogens is 326 g/mol. The van der Waals surface area contributed by atoms with Crippen LogP contribution >= 0.6 is 0 Å². The Bertz CT molecular complexity index is 900. The van der Waals surface area contributed by atoms with Gasteiger partial charge in [-0.2, -0.15) is 0 Å². The Hall–Kier alpha value is -3.08. The summed E-state index contributed by atoms with van der Waals surface area (Å²) >= 11 is 0. The Morgan fingerprint density at radius 3 is 2.65 bits per heavy atom. The number of rotatable bonds is 3. The van der Waals surface area contributed by atoms with Gasteiger partial charge in [0.15, 0.2) is 0 Å². The van der Waals surface area contributed by atoms with Gasteiger partial charge in [0.25, 0.3) is 5.91 Å². The number of fused-ring (bicyclic) bond motifs is 1. The summed E-state index contributed by atoms with van der Waals surface area (Å²) in [6, 6.07) is 17.2. The van der Waals surface area contributed by atoms with E-state index in [9.17, 15) is 9.59 Å². The molecule has 1 aromatic carbocycles. The van der Waals surface area contributed by atoms with Crippen LogP contribution in [0.4, 0.5) is 5.69 Å². The van der Waals surface area contributed by atoms with Crippen LogP contribution in [0, 0.1) is 5.92 Å². The van der Waals surface area contributed by atoms with E-state index in [-0.39, 0.29) is 17.7 Å². The van der Waals surface area contributed by atoms with Crippen molar-refractivity contribution in [2.75, 3.05) is 18.4 Å². The maximum Gasteiger partial charge on any atom is 0.255 e. The molecule has 1 saturated heterocycles. The molecule has 5 nitrogen and oxygen atoms in total. The molecule has 1 unspecified atom stereocenters. The molecule has 1 N–H and O–H groups in total. The number of pyridine rings is 1. The zero-order chi connectivity index (χ0) is 17.9. The maximum atomic E-state index is 12.9. The molecule has 0 aliphatic carbocycles. The Morgan fingerprint density at radius 1 is 1.04 bits per heavy atom. The molecule has 5 heteroatoms. The number of piperidine rings is 1. The molecule has 0 bridgehead atoms. The van der Waals surface area contributed by atoms with E-state index in [0.717, 1.165) is 24.0 Å². The van der Waals surface area contributed by atoms with Gasteiger partial charge in [-0.05, 0) is 43.2 Å². The largest absolute Gasteiger partial charge is 0.338 e. The summed E-state index contributed by atoms with van der Waals surface area (Å²) in [7, 11) is 0. The van der Waals surface area contributed by atoms with Crippen LogP contribution in [0.1, 0.15) is 23.2 Å². The third kappa shape index (κ3) is 3.33. The molecule has 1 atom stereocenters. The van der Waals surface area contributed by atoms with Crippen molar-refractivity contribution in [3.05, 3.63) is 72.6 Å². The highest BCUT2D eigenvalue weighted by Gasteiger charge is 2.29. The van der Waals surface area contributed by atoms with Gasteiger partial charge in [-0.15, -0.1) is 0 Å². The zero-order valence-corrected chi connectivity index (χ0v) is 14.5. The smallest absolute Gasteiger partial charge is 0.255 e. The second kappa shape index (κ2) is 7.04. The van der Waals surface area contributed by atoms with E-state index >= 15 is 0 Å². The topological polar surface area (TPSA) is 53.8 Å².